The smallest absolute Gasteiger partial charge is 0.373 e. The van der Waals surface area contributed by atoms with Crippen LogP contribution in [0.3, 0.4) is 0 Å². The highest BCUT2D eigenvalue weighted by Gasteiger charge is 2.31. The SMILES string of the molecule is FC(F)(F)c1ccc([C@H]2C[C@@H](c3ccccc3)CCO2)cc1. The van der Waals surface area contributed by atoms with Gasteiger partial charge in [-0.25, -0.2) is 0 Å². The largest absolute Gasteiger partial charge is 0.416 e. The molecule has 2 aromatic rings. The predicted octanol–water partition coefficient (Wildman–Crippen LogP) is 5.34. The molecule has 3 rings (SSSR count). The number of benzene rings is 2. The van der Waals surface area contributed by atoms with Crippen molar-refractivity contribution in [2.24, 2.45) is 0 Å². The Labute approximate surface area is 127 Å². The van der Waals surface area contributed by atoms with Crippen molar-refractivity contribution in [1.82, 2.24) is 0 Å². The molecule has 1 aliphatic rings. The second kappa shape index (κ2) is 6.13. The maximum atomic E-state index is 12.6. The lowest BCUT2D eigenvalue weighted by Crippen LogP contribution is -2.18. The van der Waals surface area contributed by atoms with E-state index in [9.17, 15) is 13.2 Å². The fourth-order valence-electron chi connectivity index (χ4n) is 2.94. The van der Waals surface area contributed by atoms with Crippen LogP contribution < -0.4 is 0 Å². The molecule has 4 heteroatoms. The minimum Gasteiger partial charge on any atom is -0.373 e. The zero-order valence-electron chi connectivity index (χ0n) is 12.0. The topological polar surface area (TPSA) is 9.23 Å². The molecule has 0 saturated carbocycles. The standard InChI is InChI=1S/C18H17F3O/c19-18(20,21)16-8-6-14(7-9-16)17-12-15(10-11-22-17)13-4-2-1-3-5-13/h1-9,15,17H,10-12H2/t15-,17+/m0/s1. The van der Waals surface area contributed by atoms with Gasteiger partial charge in [-0.1, -0.05) is 42.5 Å². The summed E-state index contributed by atoms with van der Waals surface area (Å²) < 4.78 is 43.6. The maximum Gasteiger partial charge on any atom is 0.416 e. The van der Waals surface area contributed by atoms with Crippen molar-refractivity contribution >= 4 is 0 Å². The van der Waals surface area contributed by atoms with Crippen molar-refractivity contribution in [3.8, 4) is 0 Å². The lowest BCUT2D eigenvalue weighted by Gasteiger charge is -2.30. The fraction of sp³-hybridized carbons (Fsp3) is 0.333. The van der Waals surface area contributed by atoms with E-state index in [2.05, 4.69) is 12.1 Å². The number of hydrogen-bond donors (Lipinski definition) is 0. The summed E-state index contributed by atoms with van der Waals surface area (Å²) in [6.45, 7) is 0.630. The second-order valence-corrected chi connectivity index (χ2v) is 5.61. The molecule has 0 radical (unpaired) electrons. The van der Waals surface area contributed by atoms with E-state index >= 15 is 0 Å². The fourth-order valence-corrected chi connectivity index (χ4v) is 2.94. The summed E-state index contributed by atoms with van der Waals surface area (Å²) in [4.78, 5) is 0. The molecule has 1 nitrogen and oxygen atoms in total. The van der Waals surface area contributed by atoms with Gasteiger partial charge in [0.05, 0.1) is 11.7 Å². The third-order valence-corrected chi connectivity index (χ3v) is 4.16. The Morgan fingerprint density at radius 2 is 1.55 bits per heavy atom. The van der Waals surface area contributed by atoms with Gasteiger partial charge in [0.2, 0.25) is 0 Å². The van der Waals surface area contributed by atoms with Crippen molar-refractivity contribution in [1.29, 1.82) is 0 Å². The van der Waals surface area contributed by atoms with Gasteiger partial charge in [0.15, 0.2) is 0 Å². The molecule has 2 aromatic carbocycles. The number of halogens is 3. The molecule has 1 aliphatic heterocycles. The Hall–Kier alpha value is -1.81. The van der Waals surface area contributed by atoms with Crippen molar-refractivity contribution in [3.05, 3.63) is 71.3 Å². The lowest BCUT2D eigenvalue weighted by molar-refractivity contribution is -0.137. The minimum absolute atomic E-state index is 0.138. The Morgan fingerprint density at radius 3 is 2.18 bits per heavy atom. The van der Waals surface area contributed by atoms with Gasteiger partial charge >= 0.3 is 6.18 Å². The van der Waals surface area contributed by atoms with Crippen LogP contribution in [0, 0.1) is 0 Å². The van der Waals surface area contributed by atoms with Crippen LogP contribution in [0.5, 0.6) is 0 Å². The summed E-state index contributed by atoms with van der Waals surface area (Å²) in [5, 5.41) is 0. The molecule has 0 aliphatic carbocycles. The molecule has 0 aromatic heterocycles. The maximum absolute atomic E-state index is 12.6. The van der Waals surface area contributed by atoms with E-state index in [-0.39, 0.29) is 6.10 Å². The van der Waals surface area contributed by atoms with Crippen LogP contribution in [-0.4, -0.2) is 6.61 Å². The number of rotatable bonds is 2. The van der Waals surface area contributed by atoms with Crippen LogP contribution in [0.2, 0.25) is 0 Å². The monoisotopic (exact) mass is 306 g/mol. The van der Waals surface area contributed by atoms with E-state index in [1.165, 1.54) is 17.7 Å². The highest BCUT2D eigenvalue weighted by Crippen LogP contribution is 2.38. The molecule has 1 fully saturated rings. The van der Waals surface area contributed by atoms with E-state index in [0.29, 0.717) is 12.5 Å². The third-order valence-electron chi connectivity index (χ3n) is 4.16. The van der Waals surface area contributed by atoms with Gasteiger partial charge in [-0.05, 0) is 42.0 Å². The van der Waals surface area contributed by atoms with Gasteiger partial charge in [0.25, 0.3) is 0 Å². The van der Waals surface area contributed by atoms with Gasteiger partial charge < -0.3 is 4.74 Å². The van der Waals surface area contributed by atoms with Gasteiger partial charge in [0, 0.05) is 6.61 Å². The number of alkyl halides is 3. The van der Waals surface area contributed by atoms with E-state index in [4.69, 9.17) is 4.74 Å². The van der Waals surface area contributed by atoms with Crippen LogP contribution in [0.15, 0.2) is 54.6 Å². The first-order valence-electron chi connectivity index (χ1n) is 7.38. The molecule has 0 N–H and O–H groups in total. The van der Waals surface area contributed by atoms with E-state index in [0.717, 1.165) is 30.5 Å². The zero-order valence-corrected chi connectivity index (χ0v) is 12.0. The van der Waals surface area contributed by atoms with E-state index < -0.39 is 11.7 Å². The van der Waals surface area contributed by atoms with Crippen LogP contribution in [0.25, 0.3) is 0 Å². The summed E-state index contributed by atoms with van der Waals surface area (Å²) in [7, 11) is 0. The van der Waals surface area contributed by atoms with E-state index in [1.54, 1.807) is 0 Å². The van der Waals surface area contributed by atoms with Gasteiger partial charge in [-0.15, -0.1) is 0 Å². The highest BCUT2D eigenvalue weighted by molar-refractivity contribution is 5.28. The average molecular weight is 306 g/mol. The quantitative estimate of drug-likeness (QED) is 0.727. The summed E-state index contributed by atoms with van der Waals surface area (Å²) in [5.41, 5.74) is 1.46. The first kappa shape index (κ1) is 15.1. The van der Waals surface area contributed by atoms with Crippen molar-refractivity contribution < 1.29 is 17.9 Å². The average Bonchev–Trinajstić information content (AvgIpc) is 2.55. The molecular formula is C18H17F3O. The molecular weight excluding hydrogens is 289 g/mol. The van der Waals surface area contributed by atoms with Gasteiger partial charge in [-0.2, -0.15) is 13.2 Å². The lowest BCUT2D eigenvalue weighted by atomic mass is 9.86. The normalized spacial score (nSPS) is 22.5. The third kappa shape index (κ3) is 3.33. The Balaban J connectivity index is 1.75. The van der Waals surface area contributed by atoms with Crippen LogP contribution in [-0.2, 0) is 10.9 Å². The van der Waals surface area contributed by atoms with Crippen molar-refractivity contribution in [2.75, 3.05) is 6.61 Å². The van der Waals surface area contributed by atoms with Crippen molar-refractivity contribution in [2.45, 2.75) is 31.0 Å². The first-order valence-corrected chi connectivity index (χ1v) is 7.38. The Morgan fingerprint density at radius 1 is 0.864 bits per heavy atom. The minimum atomic E-state index is -4.29. The summed E-state index contributed by atoms with van der Waals surface area (Å²) in [5.74, 6) is 0.391. The van der Waals surface area contributed by atoms with Crippen LogP contribution in [0.4, 0.5) is 13.2 Å². The zero-order chi connectivity index (χ0) is 15.6. The molecule has 0 amide bonds. The molecule has 2 atom stereocenters. The molecule has 22 heavy (non-hydrogen) atoms. The molecule has 0 unspecified atom stereocenters. The van der Waals surface area contributed by atoms with Crippen LogP contribution >= 0.6 is 0 Å². The highest BCUT2D eigenvalue weighted by atomic mass is 19.4. The number of ether oxygens (including phenoxy) is 1. The molecule has 1 heterocycles. The Kier molecular flexibility index (Phi) is 4.21. The first-order chi connectivity index (χ1) is 10.5. The van der Waals surface area contributed by atoms with Gasteiger partial charge in [0.1, 0.15) is 0 Å². The molecule has 0 bridgehead atoms. The summed E-state index contributed by atoms with van der Waals surface area (Å²) >= 11 is 0. The van der Waals surface area contributed by atoms with E-state index in [1.807, 2.05) is 18.2 Å². The summed E-state index contributed by atoms with van der Waals surface area (Å²) in [6.07, 6.45) is -2.68. The number of hydrogen-bond acceptors (Lipinski definition) is 1. The second-order valence-electron chi connectivity index (χ2n) is 5.61. The molecule has 0 spiro atoms. The van der Waals surface area contributed by atoms with Crippen LogP contribution in [0.1, 0.15) is 41.6 Å². The molecule has 1 saturated heterocycles. The summed E-state index contributed by atoms with van der Waals surface area (Å²) in [6, 6.07) is 15.5. The van der Waals surface area contributed by atoms with Gasteiger partial charge in [-0.3, -0.25) is 0 Å². The van der Waals surface area contributed by atoms with Crippen molar-refractivity contribution in [3.63, 3.8) is 0 Å². The predicted molar refractivity (Wildman–Crippen MR) is 78.6 cm³/mol. The molecule has 116 valence electrons. The Bertz CT molecular complexity index is 604.